The van der Waals surface area contributed by atoms with Gasteiger partial charge in [0.15, 0.2) is 11.4 Å². The largest absolute Gasteiger partial charge is 0.374 e. The molecule has 45 heavy (non-hydrogen) atoms. The fourth-order valence-electron chi connectivity index (χ4n) is 7.01. The van der Waals surface area contributed by atoms with E-state index in [-0.39, 0.29) is 22.4 Å². The molecule has 3 heterocycles. The summed E-state index contributed by atoms with van der Waals surface area (Å²) in [4.78, 5) is 7.26. The average molecular weight is 568 g/mol. The Bertz CT molecular complexity index is 2700. The molecule has 0 saturated heterocycles. The molecule has 0 N–H and O–H groups in total. The SMILES string of the molecule is [C-]#[N+]c1cc(C#N)c2c(c1)c1cc(C#N)cc(C#N)c1n2B1c2ccccc2-n2c3cc([N+]#[C-])ccc3c3ccc(C#N)c1c32. The van der Waals surface area contributed by atoms with Crippen LogP contribution in [0.5, 0.6) is 0 Å². The summed E-state index contributed by atoms with van der Waals surface area (Å²) >= 11 is 0. The lowest BCUT2D eigenvalue weighted by molar-refractivity contribution is 1.18. The Morgan fingerprint density at radius 2 is 1.29 bits per heavy atom. The number of rotatable bonds is 1. The van der Waals surface area contributed by atoms with E-state index in [1.54, 1.807) is 24.3 Å². The summed E-state index contributed by atoms with van der Waals surface area (Å²) in [6.07, 6.45) is 0. The topological polar surface area (TPSA) is 114 Å². The zero-order valence-electron chi connectivity index (χ0n) is 23.2. The van der Waals surface area contributed by atoms with Crippen molar-refractivity contribution in [1.29, 1.82) is 21.0 Å². The van der Waals surface area contributed by atoms with Crippen LogP contribution in [0.1, 0.15) is 22.3 Å². The summed E-state index contributed by atoms with van der Waals surface area (Å²) < 4.78 is 4.04. The molecule has 7 aromatic rings. The number of fused-ring (bicyclic) bond motifs is 8. The monoisotopic (exact) mass is 568 g/mol. The van der Waals surface area contributed by atoms with Gasteiger partial charge in [-0.15, -0.1) is 0 Å². The summed E-state index contributed by atoms with van der Waals surface area (Å²) in [5.41, 5.74) is 6.95. The van der Waals surface area contributed by atoms with Gasteiger partial charge in [-0.3, -0.25) is 0 Å². The molecule has 8 nitrogen and oxygen atoms in total. The maximum atomic E-state index is 10.5. The molecular formula is C36H13BN8. The number of nitrogens with zero attached hydrogens (tertiary/aromatic N) is 8. The van der Waals surface area contributed by atoms with Crippen molar-refractivity contribution in [2.75, 3.05) is 0 Å². The molecule has 0 bridgehead atoms. The first-order valence-electron chi connectivity index (χ1n) is 13.8. The predicted octanol–water partition coefficient (Wildman–Crippen LogP) is 6.45. The van der Waals surface area contributed by atoms with Crippen LogP contribution in [0.4, 0.5) is 11.4 Å². The lowest BCUT2D eigenvalue weighted by Gasteiger charge is -2.29. The van der Waals surface area contributed by atoms with Gasteiger partial charge in [-0.25, -0.2) is 9.69 Å². The van der Waals surface area contributed by atoms with Crippen molar-refractivity contribution in [1.82, 2.24) is 9.05 Å². The van der Waals surface area contributed by atoms with Crippen LogP contribution in [-0.4, -0.2) is 15.9 Å². The van der Waals surface area contributed by atoms with Gasteiger partial charge in [-0.2, -0.15) is 21.0 Å². The molecule has 1 aliphatic heterocycles. The lowest BCUT2D eigenvalue weighted by Crippen LogP contribution is -2.54. The van der Waals surface area contributed by atoms with E-state index >= 15 is 0 Å². The Kier molecular flexibility index (Phi) is 5.14. The summed E-state index contributed by atoms with van der Waals surface area (Å²) in [5.74, 6) is 0. The van der Waals surface area contributed by atoms with Gasteiger partial charge in [0.2, 0.25) is 0 Å². The molecular weight excluding hydrogens is 555 g/mol. The maximum Gasteiger partial charge on any atom is 0.333 e. The van der Waals surface area contributed by atoms with E-state index in [1.165, 1.54) is 12.1 Å². The van der Waals surface area contributed by atoms with Crippen molar-refractivity contribution in [3.05, 3.63) is 124 Å². The van der Waals surface area contributed by atoms with Gasteiger partial charge in [0.1, 0.15) is 6.07 Å². The normalized spacial score (nSPS) is 11.4. The van der Waals surface area contributed by atoms with E-state index in [4.69, 9.17) is 13.1 Å². The Morgan fingerprint density at radius 1 is 0.600 bits per heavy atom. The van der Waals surface area contributed by atoms with Crippen LogP contribution in [0.2, 0.25) is 0 Å². The fourth-order valence-corrected chi connectivity index (χ4v) is 7.01. The van der Waals surface area contributed by atoms with E-state index in [0.717, 1.165) is 33.0 Å². The first-order valence-corrected chi connectivity index (χ1v) is 13.8. The van der Waals surface area contributed by atoms with Gasteiger partial charge in [-0.1, -0.05) is 36.4 Å². The fraction of sp³-hybridized carbons (Fsp3) is 0. The molecule has 8 rings (SSSR count). The van der Waals surface area contributed by atoms with Gasteiger partial charge >= 0.3 is 6.85 Å². The highest BCUT2D eigenvalue weighted by Crippen LogP contribution is 2.40. The Labute approximate surface area is 256 Å². The molecule has 0 atom stereocenters. The van der Waals surface area contributed by atoms with E-state index in [2.05, 4.69) is 38.5 Å². The van der Waals surface area contributed by atoms with Crippen LogP contribution < -0.4 is 10.9 Å². The minimum atomic E-state index is -0.664. The van der Waals surface area contributed by atoms with Crippen LogP contribution in [0.25, 0.3) is 59.0 Å². The predicted molar refractivity (Wildman–Crippen MR) is 172 cm³/mol. The Hall–Kier alpha value is -7.30. The molecule has 0 amide bonds. The zero-order chi connectivity index (χ0) is 31.0. The highest BCUT2D eigenvalue weighted by molar-refractivity contribution is 6.89. The summed E-state index contributed by atoms with van der Waals surface area (Å²) in [5, 5.41) is 44.2. The molecule has 2 aromatic heterocycles. The van der Waals surface area contributed by atoms with Crippen molar-refractivity contribution in [3.8, 4) is 30.0 Å². The molecule has 5 aromatic carbocycles. The van der Waals surface area contributed by atoms with Crippen LogP contribution in [0.3, 0.4) is 0 Å². The highest BCUT2D eigenvalue weighted by atomic mass is 15.0. The van der Waals surface area contributed by atoms with Gasteiger partial charge in [-0.05, 0) is 58.8 Å². The third kappa shape index (κ3) is 3.19. The second-order valence-electron chi connectivity index (χ2n) is 10.8. The van der Waals surface area contributed by atoms with Gasteiger partial charge in [0, 0.05) is 27.4 Å². The van der Waals surface area contributed by atoms with E-state index in [0.29, 0.717) is 38.5 Å². The van der Waals surface area contributed by atoms with Crippen molar-refractivity contribution in [2.45, 2.75) is 0 Å². The van der Waals surface area contributed by atoms with Crippen molar-refractivity contribution < 1.29 is 0 Å². The number of hydrogen-bond donors (Lipinski definition) is 0. The number of aromatic nitrogens is 2. The third-order valence-corrected chi connectivity index (χ3v) is 8.68. The van der Waals surface area contributed by atoms with Crippen molar-refractivity contribution in [3.63, 3.8) is 0 Å². The molecule has 0 spiro atoms. The summed E-state index contributed by atoms with van der Waals surface area (Å²) in [6, 6.07) is 32.6. The highest BCUT2D eigenvalue weighted by Gasteiger charge is 2.39. The average Bonchev–Trinajstić information content (AvgIpc) is 3.60. The minimum Gasteiger partial charge on any atom is -0.374 e. The smallest absolute Gasteiger partial charge is 0.333 e. The van der Waals surface area contributed by atoms with Gasteiger partial charge in [0.05, 0.1) is 70.2 Å². The van der Waals surface area contributed by atoms with Crippen LogP contribution in [-0.2, 0) is 0 Å². The molecule has 0 unspecified atom stereocenters. The second kappa shape index (κ2) is 9.10. The van der Waals surface area contributed by atoms with E-state index in [9.17, 15) is 21.0 Å². The summed E-state index contributed by atoms with van der Waals surface area (Å²) in [7, 11) is 0. The first kappa shape index (κ1) is 25.4. The second-order valence-corrected chi connectivity index (χ2v) is 10.8. The van der Waals surface area contributed by atoms with E-state index < -0.39 is 6.85 Å². The molecule has 0 fully saturated rings. The van der Waals surface area contributed by atoms with Crippen LogP contribution in [0, 0.1) is 58.5 Å². The zero-order valence-corrected chi connectivity index (χ0v) is 23.2. The molecule has 1 aliphatic rings. The molecule has 200 valence electrons. The first-order chi connectivity index (χ1) is 22.1. The van der Waals surface area contributed by atoms with E-state index in [1.807, 2.05) is 46.9 Å². The quantitative estimate of drug-likeness (QED) is 0.167. The number of benzene rings is 5. The standard InChI is InChI=1S/C36H13BN8/c1-42-24-8-10-26-27-9-7-21(17-39)33-36(27)44(32(26)15-24)31-6-4-3-5-30(31)37(33)45-34-22(18-40)11-20(16-38)12-28(34)29-14-25(43-2)13-23(19-41)35(29)45/h3-15H. The number of para-hydroxylation sites is 1. The molecule has 0 radical (unpaired) electrons. The van der Waals surface area contributed by atoms with Crippen molar-refractivity contribution in [2.24, 2.45) is 0 Å². The lowest BCUT2D eigenvalue weighted by atomic mass is 9.47. The third-order valence-electron chi connectivity index (χ3n) is 8.68. The molecule has 9 heteroatoms. The Morgan fingerprint density at radius 3 is 2.00 bits per heavy atom. The van der Waals surface area contributed by atoms with Crippen LogP contribution in [0.15, 0.2) is 78.9 Å². The minimum absolute atomic E-state index is 0.240. The van der Waals surface area contributed by atoms with Gasteiger partial charge in [0.25, 0.3) is 0 Å². The number of hydrogen-bond acceptors (Lipinski definition) is 4. The number of nitriles is 4. The molecule has 0 saturated carbocycles. The maximum absolute atomic E-state index is 10.5. The van der Waals surface area contributed by atoms with Crippen molar-refractivity contribution >= 4 is 72.8 Å². The molecule has 0 aliphatic carbocycles. The summed E-state index contributed by atoms with van der Waals surface area (Å²) in [6.45, 7) is 14.7. The van der Waals surface area contributed by atoms with Crippen LogP contribution >= 0.6 is 0 Å². The Balaban J connectivity index is 1.67. The van der Waals surface area contributed by atoms with Gasteiger partial charge < -0.3 is 9.05 Å².